The summed E-state index contributed by atoms with van der Waals surface area (Å²) in [5, 5.41) is 27.2. The van der Waals surface area contributed by atoms with E-state index in [9.17, 15) is 23.3 Å². The van der Waals surface area contributed by atoms with E-state index < -0.39 is 37.7 Å². The molecular weight excluding hydrogens is 527 g/mol. The number of phosphoric ester groups is 1. The van der Waals surface area contributed by atoms with Gasteiger partial charge in [-0.05, 0) is 18.2 Å². The maximum atomic E-state index is 14.9. The van der Waals surface area contributed by atoms with Gasteiger partial charge in [0.25, 0.3) is 14.2 Å². The Morgan fingerprint density at radius 1 is 1.32 bits per heavy atom. The summed E-state index contributed by atoms with van der Waals surface area (Å²) >= 11 is 1.24. The summed E-state index contributed by atoms with van der Waals surface area (Å²) in [6.45, 7) is 0.755. The second-order valence-corrected chi connectivity index (χ2v) is 10.3. The molecule has 0 aliphatic heterocycles. The summed E-state index contributed by atoms with van der Waals surface area (Å²) in [6, 6.07) is 11.7. The Labute approximate surface area is 213 Å². The molecule has 0 spiro atoms. The SMILES string of the molecule is C[C@@H](c1nc(-c2ccc(C#N)cc2)cs1)[C@](O)(Cn1c[n+](COP(=O)([O-])O)cn1)c1ccc(F)cc1F. The first kappa shape index (κ1) is 26.7. The minimum Gasteiger partial charge on any atom is -0.756 e. The highest BCUT2D eigenvalue weighted by Crippen LogP contribution is 2.41. The molecule has 37 heavy (non-hydrogen) atoms. The van der Waals surface area contributed by atoms with Gasteiger partial charge in [-0.15, -0.1) is 16.0 Å². The van der Waals surface area contributed by atoms with Gasteiger partial charge in [-0.1, -0.05) is 25.1 Å². The third-order valence-corrected chi connectivity index (χ3v) is 7.19. The van der Waals surface area contributed by atoms with Crippen LogP contribution in [0, 0.1) is 23.0 Å². The smallest absolute Gasteiger partial charge is 0.268 e. The molecule has 2 aromatic heterocycles. The van der Waals surface area contributed by atoms with Crippen molar-refractivity contribution in [2.24, 2.45) is 0 Å². The van der Waals surface area contributed by atoms with Crippen LogP contribution < -0.4 is 9.46 Å². The Kier molecular flexibility index (Phi) is 7.61. The number of benzene rings is 2. The molecule has 0 aliphatic rings. The Balaban J connectivity index is 1.68. The van der Waals surface area contributed by atoms with Crippen LogP contribution >= 0.6 is 19.2 Å². The molecule has 0 amide bonds. The molecule has 1 unspecified atom stereocenters. The van der Waals surface area contributed by atoms with Crippen LogP contribution in [0.4, 0.5) is 8.78 Å². The molecule has 0 aliphatic carbocycles. The van der Waals surface area contributed by atoms with Gasteiger partial charge in [-0.2, -0.15) is 5.26 Å². The van der Waals surface area contributed by atoms with Gasteiger partial charge in [0.15, 0.2) is 6.73 Å². The monoisotopic (exact) mass is 547 g/mol. The van der Waals surface area contributed by atoms with Gasteiger partial charge in [-0.25, -0.2) is 18.3 Å². The molecule has 14 heteroatoms. The van der Waals surface area contributed by atoms with Crippen LogP contribution in [0.25, 0.3) is 11.3 Å². The van der Waals surface area contributed by atoms with E-state index in [-0.39, 0.29) is 12.1 Å². The number of aromatic nitrogens is 4. The number of hydrogen-bond acceptors (Lipinski definition) is 8. The van der Waals surface area contributed by atoms with Crippen LogP contribution in [0.1, 0.15) is 29.0 Å². The van der Waals surface area contributed by atoms with E-state index in [1.54, 1.807) is 36.6 Å². The number of hydrogen-bond donors (Lipinski definition) is 2. The molecule has 2 aromatic carbocycles. The Hall–Kier alpha value is -3.37. The summed E-state index contributed by atoms with van der Waals surface area (Å²) in [5.74, 6) is -2.58. The number of aliphatic hydroxyl groups is 1. The quantitative estimate of drug-likeness (QED) is 0.240. The van der Waals surface area contributed by atoms with E-state index in [0.29, 0.717) is 22.3 Å². The van der Waals surface area contributed by atoms with Gasteiger partial charge in [0.2, 0.25) is 6.33 Å². The van der Waals surface area contributed by atoms with Crippen LogP contribution in [0.5, 0.6) is 0 Å². The average Bonchev–Trinajstić information content (AvgIpc) is 3.51. The van der Waals surface area contributed by atoms with Crippen LogP contribution in [0.3, 0.4) is 0 Å². The molecule has 192 valence electrons. The van der Waals surface area contributed by atoms with E-state index >= 15 is 0 Å². The van der Waals surface area contributed by atoms with Crippen molar-refractivity contribution in [3.05, 3.63) is 88.3 Å². The third-order valence-electron chi connectivity index (χ3n) is 5.72. The summed E-state index contributed by atoms with van der Waals surface area (Å²) in [4.78, 5) is 24.3. The van der Waals surface area contributed by atoms with E-state index in [0.717, 1.165) is 17.7 Å². The molecule has 0 fully saturated rings. The van der Waals surface area contributed by atoms with Crippen molar-refractivity contribution in [2.45, 2.75) is 31.7 Å². The van der Waals surface area contributed by atoms with Crippen LogP contribution in [0.15, 0.2) is 60.5 Å². The minimum absolute atomic E-state index is 0.186. The second kappa shape index (κ2) is 10.5. The standard InChI is InChI=1S/C23H20F2N5O5PS/c1-15(22-28-21(10-37-22)17-4-2-16(9-26)3-5-17)23(31,19-7-6-18(24)8-20(19)25)11-30-13-29(12-27-30)14-35-36(32,33)34/h2-8,10,12-13,15,31H,11,14H2,1H3,(H-,32,33,34)/t15-,23+/m0/s1. The predicted molar refractivity (Wildman–Crippen MR) is 124 cm³/mol. The lowest BCUT2D eigenvalue weighted by Gasteiger charge is -2.32. The van der Waals surface area contributed by atoms with Crippen molar-refractivity contribution in [1.29, 1.82) is 5.26 Å². The van der Waals surface area contributed by atoms with Crippen molar-refractivity contribution in [3.63, 3.8) is 0 Å². The van der Waals surface area contributed by atoms with E-state index in [4.69, 9.17) is 10.2 Å². The van der Waals surface area contributed by atoms with Crippen LogP contribution in [-0.4, -0.2) is 24.8 Å². The molecule has 2 heterocycles. The lowest BCUT2D eigenvalue weighted by molar-refractivity contribution is -0.727. The van der Waals surface area contributed by atoms with Gasteiger partial charge < -0.3 is 14.9 Å². The number of nitrogens with zero attached hydrogens (tertiary/aromatic N) is 5. The van der Waals surface area contributed by atoms with Gasteiger partial charge >= 0.3 is 0 Å². The Morgan fingerprint density at radius 3 is 2.70 bits per heavy atom. The Morgan fingerprint density at radius 2 is 2.05 bits per heavy atom. The van der Waals surface area contributed by atoms with Gasteiger partial charge in [0, 0.05) is 33.6 Å². The highest BCUT2D eigenvalue weighted by molar-refractivity contribution is 7.44. The highest BCUT2D eigenvalue weighted by atomic mass is 32.1. The van der Waals surface area contributed by atoms with Crippen LogP contribution in [0.2, 0.25) is 0 Å². The van der Waals surface area contributed by atoms with Gasteiger partial charge in [0.05, 0.1) is 22.3 Å². The van der Waals surface area contributed by atoms with E-state index in [1.165, 1.54) is 33.2 Å². The predicted octanol–water partition coefficient (Wildman–Crippen LogP) is 2.57. The van der Waals surface area contributed by atoms with E-state index in [1.807, 2.05) is 6.07 Å². The highest BCUT2D eigenvalue weighted by Gasteiger charge is 2.43. The van der Waals surface area contributed by atoms with Crippen molar-refractivity contribution >= 4 is 19.2 Å². The lowest BCUT2D eigenvalue weighted by atomic mass is 9.82. The summed E-state index contributed by atoms with van der Waals surface area (Å²) in [7, 11) is -4.97. The molecular formula is C23H20F2N5O5PS. The minimum atomic E-state index is -4.97. The number of rotatable bonds is 9. The summed E-state index contributed by atoms with van der Waals surface area (Å²) < 4.78 is 46.2. The zero-order chi connectivity index (χ0) is 26.8. The molecule has 10 nitrogen and oxygen atoms in total. The number of thiazole rings is 1. The molecule has 0 bridgehead atoms. The molecule has 4 rings (SSSR count). The summed E-state index contributed by atoms with van der Waals surface area (Å²) in [5.41, 5.74) is -0.314. The van der Waals surface area contributed by atoms with Crippen LogP contribution in [-0.2, 0) is 28.0 Å². The zero-order valence-corrected chi connectivity index (χ0v) is 20.9. The lowest BCUT2D eigenvalue weighted by Crippen LogP contribution is -2.39. The normalized spacial score (nSPS) is 15.5. The maximum absolute atomic E-state index is 14.9. The average molecular weight is 547 g/mol. The second-order valence-electron chi connectivity index (χ2n) is 8.22. The first-order chi connectivity index (χ1) is 17.5. The Bertz CT molecular complexity index is 1500. The van der Waals surface area contributed by atoms with Gasteiger partial charge in [0.1, 0.15) is 23.8 Å². The number of halogens is 2. The molecule has 2 N–H and O–H groups in total. The number of nitriles is 1. The van der Waals surface area contributed by atoms with Crippen molar-refractivity contribution in [2.75, 3.05) is 0 Å². The largest absolute Gasteiger partial charge is 0.756 e. The maximum Gasteiger partial charge on any atom is 0.268 e. The van der Waals surface area contributed by atoms with Gasteiger partial charge in [-0.3, -0.25) is 9.09 Å². The topological polar surface area (TPSA) is 148 Å². The fraction of sp³-hybridized carbons (Fsp3) is 0.217. The first-order valence-corrected chi connectivity index (χ1v) is 13.1. The zero-order valence-electron chi connectivity index (χ0n) is 19.2. The first-order valence-electron chi connectivity index (χ1n) is 10.7. The molecule has 0 saturated heterocycles. The summed E-state index contributed by atoms with van der Waals surface area (Å²) in [6.07, 6.45) is 2.48. The fourth-order valence-electron chi connectivity index (χ4n) is 3.73. The molecule has 0 saturated carbocycles. The number of phosphoric acid groups is 1. The molecule has 0 radical (unpaired) electrons. The fourth-order valence-corrected chi connectivity index (χ4v) is 4.98. The van der Waals surface area contributed by atoms with Crippen molar-refractivity contribution in [3.8, 4) is 17.3 Å². The van der Waals surface area contributed by atoms with Crippen molar-refractivity contribution in [1.82, 2.24) is 14.8 Å². The van der Waals surface area contributed by atoms with Crippen molar-refractivity contribution < 1.29 is 37.3 Å². The molecule has 3 atom stereocenters. The van der Waals surface area contributed by atoms with E-state index in [2.05, 4.69) is 14.6 Å². The molecule has 4 aromatic rings. The third kappa shape index (κ3) is 6.14.